The highest BCUT2D eigenvalue weighted by Crippen LogP contribution is 2.01. The number of hydrogen-bond acceptors (Lipinski definition) is 4. The fourth-order valence-electron chi connectivity index (χ4n) is 2.05. The molecule has 0 heterocycles. The first-order valence-corrected chi connectivity index (χ1v) is 9.89. The summed E-state index contributed by atoms with van der Waals surface area (Å²) in [5, 5.41) is 16.1. The molecule has 0 fully saturated rings. The van der Waals surface area contributed by atoms with Gasteiger partial charge in [0.05, 0.1) is 6.54 Å². The maximum Gasteiger partial charge on any atom is 0.325 e. The second-order valence-electron chi connectivity index (χ2n) is 6.45. The molecule has 0 saturated carbocycles. The Balaban J connectivity index is 0.000000734. The van der Waals surface area contributed by atoms with Gasteiger partial charge in [0, 0.05) is 19.4 Å². The van der Waals surface area contributed by atoms with E-state index in [4.69, 9.17) is 5.11 Å². The van der Waals surface area contributed by atoms with Gasteiger partial charge in [0.25, 0.3) is 0 Å². The van der Waals surface area contributed by atoms with Crippen molar-refractivity contribution in [3.8, 4) is 0 Å². The van der Waals surface area contributed by atoms with E-state index in [1.54, 1.807) is 0 Å². The number of carboxylic acid groups (broad SMARTS) is 1. The van der Waals surface area contributed by atoms with Crippen LogP contribution in [0.3, 0.4) is 0 Å². The number of carbonyl (C=O) groups excluding carboxylic acids is 3. The summed E-state index contributed by atoms with van der Waals surface area (Å²) < 4.78 is 0. The number of carbonyl (C=O) groups is 4. The zero-order valence-electron chi connectivity index (χ0n) is 17.5. The molecule has 0 radical (unpaired) electrons. The average Bonchev–Trinajstić information content (AvgIpc) is 2.71. The zero-order valence-corrected chi connectivity index (χ0v) is 17.5. The minimum Gasteiger partial charge on any atom is -0.480 e. The van der Waals surface area contributed by atoms with E-state index >= 15 is 0 Å². The van der Waals surface area contributed by atoms with Gasteiger partial charge in [0.15, 0.2) is 0 Å². The second-order valence-corrected chi connectivity index (χ2v) is 6.45. The van der Waals surface area contributed by atoms with Crippen molar-refractivity contribution in [1.82, 2.24) is 16.0 Å². The summed E-state index contributed by atoms with van der Waals surface area (Å²) in [5.41, 5.74) is 1.05. The number of hydrogen-bond donors (Lipinski definition) is 4. The van der Waals surface area contributed by atoms with Crippen LogP contribution in [0.25, 0.3) is 0 Å². The third-order valence-corrected chi connectivity index (χ3v) is 3.85. The molecule has 162 valence electrons. The lowest BCUT2D eigenvalue weighted by atomic mass is 10.1. The number of nitrogens with one attached hydrogen (secondary N) is 3. The molecule has 1 rings (SSSR count). The van der Waals surface area contributed by atoms with Gasteiger partial charge < -0.3 is 21.1 Å². The summed E-state index contributed by atoms with van der Waals surface area (Å²) in [6.45, 7) is 5.95. The van der Waals surface area contributed by atoms with Crippen LogP contribution in [0, 0.1) is 0 Å². The Kier molecular flexibility index (Phi) is 14.5. The Hall–Kier alpha value is -2.90. The van der Waals surface area contributed by atoms with E-state index in [1.807, 2.05) is 37.3 Å². The van der Waals surface area contributed by atoms with Gasteiger partial charge in [0.2, 0.25) is 17.7 Å². The van der Waals surface area contributed by atoms with Crippen LogP contribution in [0.1, 0.15) is 52.0 Å². The molecular formula is C21H33N3O5. The fourth-order valence-corrected chi connectivity index (χ4v) is 2.05. The van der Waals surface area contributed by atoms with Gasteiger partial charge in [-0.05, 0) is 25.3 Å². The largest absolute Gasteiger partial charge is 0.480 e. The normalized spacial score (nSPS) is 10.7. The summed E-state index contributed by atoms with van der Waals surface area (Å²) in [6, 6.07) is 8.58. The van der Waals surface area contributed by atoms with Gasteiger partial charge in [-0.3, -0.25) is 19.2 Å². The van der Waals surface area contributed by atoms with Gasteiger partial charge in [-0.25, -0.2) is 0 Å². The zero-order chi connectivity index (χ0) is 22.1. The van der Waals surface area contributed by atoms with Gasteiger partial charge in [-0.2, -0.15) is 0 Å². The molecule has 0 aliphatic carbocycles. The Morgan fingerprint density at radius 3 is 2.17 bits per heavy atom. The lowest BCUT2D eigenvalue weighted by molar-refractivity contribution is -0.141. The summed E-state index contributed by atoms with van der Waals surface area (Å²) in [7, 11) is 0. The first-order chi connectivity index (χ1) is 13.8. The van der Waals surface area contributed by atoms with Crippen molar-refractivity contribution in [1.29, 1.82) is 0 Å². The molecule has 0 aromatic heterocycles. The molecule has 1 aromatic carbocycles. The number of rotatable bonds is 11. The minimum atomic E-state index is -1.12. The highest BCUT2D eigenvalue weighted by atomic mass is 16.4. The smallest absolute Gasteiger partial charge is 0.325 e. The number of amides is 3. The molecule has 4 N–H and O–H groups in total. The highest BCUT2D eigenvalue weighted by Gasteiger charge is 2.14. The summed E-state index contributed by atoms with van der Waals surface area (Å²) in [5.74, 6) is -1.72. The number of carboxylic acids is 1. The number of benzene rings is 1. The van der Waals surface area contributed by atoms with Crippen LogP contribution in [0.15, 0.2) is 30.3 Å². The Bertz CT molecular complexity index is 634. The van der Waals surface area contributed by atoms with Crippen molar-refractivity contribution in [3.05, 3.63) is 35.9 Å². The second kappa shape index (κ2) is 16.1. The van der Waals surface area contributed by atoms with Crippen molar-refractivity contribution in [3.63, 3.8) is 0 Å². The molecule has 0 saturated heterocycles. The molecular weight excluding hydrogens is 374 g/mol. The van der Waals surface area contributed by atoms with Gasteiger partial charge >= 0.3 is 5.97 Å². The predicted octanol–water partition coefficient (Wildman–Crippen LogP) is 1.64. The molecule has 0 bridgehead atoms. The molecule has 1 aromatic rings. The van der Waals surface area contributed by atoms with Crippen molar-refractivity contribution in [2.75, 3.05) is 13.1 Å². The van der Waals surface area contributed by atoms with Gasteiger partial charge in [-0.15, -0.1) is 0 Å². The lowest BCUT2D eigenvalue weighted by Gasteiger charge is -2.10. The van der Waals surface area contributed by atoms with E-state index in [0.29, 0.717) is 12.8 Å². The Morgan fingerprint density at radius 2 is 1.62 bits per heavy atom. The molecule has 29 heavy (non-hydrogen) atoms. The van der Waals surface area contributed by atoms with E-state index in [1.165, 1.54) is 6.92 Å². The maximum absolute atomic E-state index is 11.5. The van der Waals surface area contributed by atoms with Crippen LogP contribution in [-0.2, 0) is 25.6 Å². The topological polar surface area (TPSA) is 125 Å². The highest BCUT2D eigenvalue weighted by molar-refractivity contribution is 5.87. The van der Waals surface area contributed by atoms with Gasteiger partial charge in [-0.1, -0.05) is 50.6 Å². The monoisotopic (exact) mass is 407 g/mol. The SMILES string of the molecule is CC(NC(=O)CNC(=O)CCc1ccccc1)C(=O)O.CCCCNC(=O)CC. The third kappa shape index (κ3) is 14.8. The molecule has 0 aliphatic rings. The van der Waals surface area contributed by atoms with E-state index in [-0.39, 0.29) is 24.8 Å². The average molecular weight is 408 g/mol. The van der Waals surface area contributed by atoms with Gasteiger partial charge in [0.1, 0.15) is 6.04 Å². The molecule has 0 aliphatic heterocycles. The molecule has 1 unspecified atom stereocenters. The quantitative estimate of drug-likeness (QED) is 0.415. The fraction of sp³-hybridized carbons (Fsp3) is 0.524. The number of aliphatic carboxylic acids is 1. The van der Waals surface area contributed by atoms with Crippen molar-refractivity contribution in [2.24, 2.45) is 0 Å². The van der Waals surface area contributed by atoms with Crippen LogP contribution in [0.2, 0.25) is 0 Å². The van der Waals surface area contributed by atoms with E-state index in [9.17, 15) is 19.2 Å². The standard InChI is InChI=1S/C14H18N2O4.C7H15NO/c1-10(14(19)20)16-13(18)9-15-12(17)8-7-11-5-3-2-4-6-11;1-3-5-6-8-7(9)4-2/h2-6,10H,7-9H2,1H3,(H,15,17)(H,16,18)(H,19,20);3-6H2,1-2H3,(H,8,9). The minimum absolute atomic E-state index is 0.156. The molecule has 1 atom stereocenters. The van der Waals surface area contributed by atoms with Crippen LogP contribution in [0.5, 0.6) is 0 Å². The number of aryl methyl sites for hydroxylation is 1. The summed E-state index contributed by atoms with van der Waals surface area (Å²) in [6.07, 6.45) is 3.71. The molecule has 8 heteroatoms. The summed E-state index contributed by atoms with van der Waals surface area (Å²) in [4.78, 5) is 44.0. The summed E-state index contributed by atoms with van der Waals surface area (Å²) >= 11 is 0. The Labute approximate surface area is 172 Å². The molecule has 3 amide bonds. The lowest BCUT2D eigenvalue weighted by Crippen LogP contribution is -2.44. The van der Waals surface area contributed by atoms with Crippen molar-refractivity contribution < 1.29 is 24.3 Å². The first-order valence-electron chi connectivity index (χ1n) is 9.89. The van der Waals surface area contributed by atoms with Crippen molar-refractivity contribution >= 4 is 23.7 Å². The molecule has 8 nitrogen and oxygen atoms in total. The van der Waals surface area contributed by atoms with Crippen LogP contribution >= 0.6 is 0 Å². The van der Waals surface area contributed by atoms with Crippen LogP contribution in [0.4, 0.5) is 0 Å². The van der Waals surface area contributed by atoms with E-state index < -0.39 is 17.9 Å². The Morgan fingerprint density at radius 1 is 0.966 bits per heavy atom. The first kappa shape index (κ1) is 26.1. The van der Waals surface area contributed by atoms with E-state index in [0.717, 1.165) is 24.9 Å². The number of unbranched alkanes of at least 4 members (excludes halogenated alkanes) is 1. The molecule has 0 spiro atoms. The van der Waals surface area contributed by atoms with Crippen LogP contribution < -0.4 is 16.0 Å². The van der Waals surface area contributed by atoms with Crippen LogP contribution in [-0.4, -0.2) is 47.9 Å². The predicted molar refractivity (Wildman–Crippen MR) is 111 cm³/mol. The van der Waals surface area contributed by atoms with Crippen molar-refractivity contribution in [2.45, 2.75) is 58.9 Å². The maximum atomic E-state index is 11.5. The third-order valence-electron chi connectivity index (χ3n) is 3.85. The van der Waals surface area contributed by atoms with E-state index in [2.05, 4.69) is 22.9 Å².